The number of nitrogens with one attached hydrogen (secondary N) is 1. The standard InChI is InChI=1S/C15H17ClN2O/c1-15(6-2-8-19-15)10-18-13-5-7-17-14-9-11(16)3-4-12(13)14/h3-5,7,9H,2,6,8,10H2,1H3,(H,17,18). The summed E-state index contributed by atoms with van der Waals surface area (Å²) in [6.07, 6.45) is 4.05. The van der Waals surface area contributed by atoms with Crippen LogP contribution >= 0.6 is 11.6 Å². The SMILES string of the molecule is CC1(CNc2ccnc3cc(Cl)ccc23)CCCO1. The third-order valence-corrected chi connectivity index (χ3v) is 3.89. The minimum atomic E-state index is -0.0536. The molecular formula is C15H17ClN2O. The van der Waals surface area contributed by atoms with E-state index >= 15 is 0 Å². The van der Waals surface area contributed by atoms with Gasteiger partial charge in [-0.1, -0.05) is 11.6 Å². The number of nitrogens with zero attached hydrogens (tertiary/aromatic N) is 1. The van der Waals surface area contributed by atoms with Crippen molar-refractivity contribution in [1.29, 1.82) is 0 Å². The lowest BCUT2D eigenvalue weighted by Gasteiger charge is -2.24. The summed E-state index contributed by atoms with van der Waals surface area (Å²) in [5.41, 5.74) is 1.94. The maximum absolute atomic E-state index is 5.99. The fraction of sp³-hybridized carbons (Fsp3) is 0.400. The van der Waals surface area contributed by atoms with Crippen LogP contribution in [0.15, 0.2) is 30.5 Å². The van der Waals surface area contributed by atoms with Gasteiger partial charge in [-0.3, -0.25) is 4.98 Å². The molecular weight excluding hydrogens is 260 g/mol. The molecule has 0 aliphatic carbocycles. The van der Waals surface area contributed by atoms with Crippen LogP contribution in [0.1, 0.15) is 19.8 Å². The average molecular weight is 277 g/mol. The average Bonchev–Trinajstić information content (AvgIpc) is 2.83. The van der Waals surface area contributed by atoms with E-state index in [0.29, 0.717) is 5.02 Å². The molecule has 1 saturated heterocycles. The maximum Gasteiger partial charge on any atom is 0.0826 e. The highest BCUT2D eigenvalue weighted by molar-refractivity contribution is 6.31. The Labute approximate surface area is 117 Å². The highest BCUT2D eigenvalue weighted by Gasteiger charge is 2.29. The van der Waals surface area contributed by atoms with Gasteiger partial charge in [0.25, 0.3) is 0 Å². The lowest BCUT2D eigenvalue weighted by Crippen LogP contribution is -2.32. The molecule has 0 amide bonds. The van der Waals surface area contributed by atoms with Gasteiger partial charge in [-0.15, -0.1) is 0 Å². The number of benzene rings is 1. The van der Waals surface area contributed by atoms with Gasteiger partial charge in [-0.2, -0.15) is 0 Å². The normalized spacial score (nSPS) is 22.8. The highest BCUT2D eigenvalue weighted by Crippen LogP contribution is 2.28. The molecule has 19 heavy (non-hydrogen) atoms. The summed E-state index contributed by atoms with van der Waals surface area (Å²) in [6.45, 7) is 3.84. The maximum atomic E-state index is 5.99. The molecule has 0 radical (unpaired) electrons. The van der Waals surface area contributed by atoms with Gasteiger partial charge < -0.3 is 10.1 Å². The number of halogens is 1. The summed E-state index contributed by atoms with van der Waals surface area (Å²) < 4.78 is 5.79. The Morgan fingerprint density at radius 2 is 2.32 bits per heavy atom. The molecule has 1 atom stereocenters. The number of hydrogen-bond acceptors (Lipinski definition) is 3. The third kappa shape index (κ3) is 2.67. The van der Waals surface area contributed by atoms with Crippen LogP contribution in [-0.2, 0) is 4.74 Å². The lowest BCUT2D eigenvalue weighted by molar-refractivity contribution is 0.0315. The predicted molar refractivity (Wildman–Crippen MR) is 78.8 cm³/mol. The van der Waals surface area contributed by atoms with Crippen LogP contribution in [0, 0.1) is 0 Å². The first-order valence-corrected chi connectivity index (χ1v) is 6.96. The van der Waals surface area contributed by atoms with Crippen LogP contribution < -0.4 is 5.32 Å². The fourth-order valence-electron chi connectivity index (χ4n) is 2.53. The second-order valence-corrected chi connectivity index (χ2v) is 5.71. The van der Waals surface area contributed by atoms with E-state index in [1.165, 1.54) is 0 Å². The molecule has 1 fully saturated rings. The Bertz CT molecular complexity index is 594. The Morgan fingerprint density at radius 3 is 3.11 bits per heavy atom. The number of rotatable bonds is 3. The van der Waals surface area contributed by atoms with Crippen LogP contribution in [0.25, 0.3) is 10.9 Å². The zero-order valence-corrected chi connectivity index (χ0v) is 11.7. The summed E-state index contributed by atoms with van der Waals surface area (Å²) in [4.78, 5) is 4.34. The molecule has 3 rings (SSSR count). The van der Waals surface area contributed by atoms with Gasteiger partial charge in [0.1, 0.15) is 0 Å². The molecule has 1 N–H and O–H groups in total. The van der Waals surface area contributed by atoms with E-state index in [4.69, 9.17) is 16.3 Å². The van der Waals surface area contributed by atoms with E-state index in [-0.39, 0.29) is 5.60 Å². The highest BCUT2D eigenvalue weighted by atomic mass is 35.5. The van der Waals surface area contributed by atoms with Crippen molar-refractivity contribution in [2.24, 2.45) is 0 Å². The van der Waals surface area contributed by atoms with Crippen molar-refractivity contribution in [2.45, 2.75) is 25.4 Å². The third-order valence-electron chi connectivity index (χ3n) is 3.66. The zero-order valence-electron chi connectivity index (χ0n) is 10.9. The van der Waals surface area contributed by atoms with Gasteiger partial charge in [0.15, 0.2) is 0 Å². The molecule has 3 nitrogen and oxygen atoms in total. The van der Waals surface area contributed by atoms with Crippen LogP contribution in [0.3, 0.4) is 0 Å². The largest absolute Gasteiger partial charge is 0.382 e. The number of fused-ring (bicyclic) bond motifs is 1. The van der Waals surface area contributed by atoms with E-state index in [1.54, 1.807) is 6.20 Å². The van der Waals surface area contributed by atoms with Gasteiger partial charge in [0.05, 0.1) is 11.1 Å². The lowest BCUT2D eigenvalue weighted by atomic mass is 10.0. The van der Waals surface area contributed by atoms with E-state index < -0.39 is 0 Å². The number of hydrogen-bond donors (Lipinski definition) is 1. The minimum Gasteiger partial charge on any atom is -0.382 e. The van der Waals surface area contributed by atoms with Gasteiger partial charge in [0.2, 0.25) is 0 Å². The quantitative estimate of drug-likeness (QED) is 0.924. The van der Waals surface area contributed by atoms with Crippen molar-refractivity contribution < 1.29 is 4.74 Å². The predicted octanol–water partition coefficient (Wildman–Crippen LogP) is 3.87. The van der Waals surface area contributed by atoms with Gasteiger partial charge >= 0.3 is 0 Å². The van der Waals surface area contributed by atoms with Gasteiger partial charge in [-0.25, -0.2) is 0 Å². The van der Waals surface area contributed by atoms with Crippen molar-refractivity contribution >= 4 is 28.2 Å². The molecule has 1 aromatic heterocycles. The molecule has 100 valence electrons. The second kappa shape index (κ2) is 4.99. The second-order valence-electron chi connectivity index (χ2n) is 5.28. The zero-order chi connectivity index (χ0) is 13.3. The topological polar surface area (TPSA) is 34.2 Å². The minimum absolute atomic E-state index is 0.0536. The van der Waals surface area contributed by atoms with E-state index in [9.17, 15) is 0 Å². The van der Waals surface area contributed by atoms with E-state index in [1.807, 2.05) is 24.3 Å². The molecule has 0 saturated carbocycles. The number of pyridine rings is 1. The van der Waals surface area contributed by atoms with Crippen molar-refractivity contribution in [1.82, 2.24) is 4.98 Å². The molecule has 0 bridgehead atoms. The van der Waals surface area contributed by atoms with Crippen LogP contribution in [0.4, 0.5) is 5.69 Å². The Hall–Kier alpha value is -1.32. The van der Waals surface area contributed by atoms with Gasteiger partial charge in [0, 0.05) is 35.4 Å². The number of ether oxygens (including phenoxy) is 1. The number of aromatic nitrogens is 1. The summed E-state index contributed by atoms with van der Waals surface area (Å²) in [5, 5.41) is 5.28. The molecule has 0 spiro atoms. The van der Waals surface area contributed by atoms with Crippen molar-refractivity contribution in [3.8, 4) is 0 Å². The summed E-state index contributed by atoms with van der Waals surface area (Å²) in [6, 6.07) is 7.78. The van der Waals surface area contributed by atoms with E-state index in [0.717, 1.165) is 42.6 Å². The fourth-order valence-corrected chi connectivity index (χ4v) is 2.70. The summed E-state index contributed by atoms with van der Waals surface area (Å²) >= 11 is 5.99. The molecule has 1 unspecified atom stereocenters. The monoisotopic (exact) mass is 276 g/mol. The molecule has 1 aromatic carbocycles. The summed E-state index contributed by atoms with van der Waals surface area (Å²) in [7, 11) is 0. The van der Waals surface area contributed by atoms with Crippen LogP contribution in [0.5, 0.6) is 0 Å². The van der Waals surface area contributed by atoms with E-state index in [2.05, 4.69) is 17.2 Å². The van der Waals surface area contributed by atoms with Crippen molar-refractivity contribution in [3.05, 3.63) is 35.5 Å². The Morgan fingerprint density at radius 1 is 1.42 bits per heavy atom. The first-order valence-electron chi connectivity index (χ1n) is 6.58. The van der Waals surface area contributed by atoms with Crippen LogP contribution in [-0.4, -0.2) is 23.7 Å². The molecule has 2 heterocycles. The van der Waals surface area contributed by atoms with Crippen molar-refractivity contribution in [2.75, 3.05) is 18.5 Å². The first-order chi connectivity index (χ1) is 9.16. The van der Waals surface area contributed by atoms with Gasteiger partial charge in [-0.05, 0) is 44.0 Å². The molecule has 2 aromatic rings. The Balaban J connectivity index is 1.84. The molecule has 4 heteroatoms. The van der Waals surface area contributed by atoms with Crippen LogP contribution in [0.2, 0.25) is 5.02 Å². The van der Waals surface area contributed by atoms with Crippen molar-refractivity contribution in [3.63, 3.8) is 0 Å². The molecule has 1 aliphatic heterocycles. The smallest absolute Gasteiger partial charge is 0.0826 e. The Kier molecular flexibility index (Phi) is 3.33. The first kappa shape index (κ1) is 12.7. The molecule has 1 aliphatic rings. The number of anilines is 1. The summed E-state index contributed by atoms with van der Waals surface area (Å²) in [5.74, 6) is 0.